The van der Waals surface area contributed by atoms with Crippen LogP contribution in [0.3, 0.4) is 0 Å². The molecule has 0 radical (unpaired) electrons. The Labute approximate surface area is 117 Å². The molecular weight excluding hydrogens is 227 g/mol. The minimum Gasteiger partial charge on any atom is -0.778 e. The molecule has 0 amide bonds. The Kier molecular flexibility index (Phi) is 4.94. The normalized spacial score (nSPS) is 15.4. The molecule has 0 spiro atoms. The van der Waals surface area contributed by atoms with Gasteiger partial charge >= 0.3 is 29.6 Å². The summed E-state index contributed by atoms with van der Waals surface area (Å²) in [5.41, 5.74) is 0. The van der Waals surface area contributed by atoms with Gasteiger partial charge in [0.05, 0.1) is 5.02 Å². The van der Waals surface area contributed by atoms with Crippen LogP contribution in [-0.2, 0) is 12.6 Å². The van der Waals surface area contributed by atoms with Crippen LogP contribution in [-0.4, -0.2) is 18.1 Å². The first-order valence-corrected chi connectivity index (χ1v) is 5.14. The summed E-state index contributed by atoms with van der Waals surface area (Å²) < 4.78 is 0. The zero-order valence-electron chi connectivity index (χ0n) is 8.16. The molecule has 1 saturated heterocycles. The van der Waals surface area contributed by atoms with Crippen LogP contribution >= 0.6 is 11.6 Å². The van der Waals surface area contributed by atoms with Crippen molar-refractivity contribution in [2.75, 3.05) is 18.0 Å². The number of pyridine rings is 1. The van der Waals surface area contributed by atoms with Gasteiger partial charge in [0, 0.05) is 19.3 Å². The van der Waals surface area contributed by atoms with E-state index < -0.39 is 0 Å². The van der Waals surface area contributed by atoms with E-state index in [1.807, 2.05) is 0 Å². The molecule has 2 rings (SSSR count). The van der Waals surface area contributed by atoms with Crippen LogP contribution in [0.25, 0.3) is 0 Å². The molecule has 0 bridgehead atoms. The van der Waals surface area contributed by atoms with Gasteiger partial charge in [-0.25, -0.2) is 4.98 Å². The number of rotatable bonds is 1. The van der Waals surface area contributed by atoms with Crippen LogP contribution in [0.5, 0.6) is 0 Å². The van der Waals surface area contributed by atoms with E-state index in [0.29, 0.717) is 9.92 Å². The van der Waals surface area contributed by atoms with Crippen LogP contribution in [0.2, 0.25) is 5.02 Å². The predicted molar refractivity (Wildman–Crippen MR) is 56.3 cm³/mol. The third kappa shape index (κ3) is 2.52. The van der Waals surface area contributed by atoms with Crippen molar-refractivity contribution < 1.29 is 29.6 Å². The van der Waals surface area contributed by atoms with Crippen molar-refractivity contribution in [3.05, 3.63) is 17.3 Å². The Morgan fingerprint density at radius 1 is 1.36 bits per heavy atom. The fraction of sp³-hybridized carbons (Fsp3) is 0.444. The van der Waals surface area contributed by atoms with Crippen molar-refractivity contribution in [1.29, 1.82) is 0 Å². The Balaban J connectivity index is 0.000000980. The van der Waals surface area contributed by atoms with Crippen LogP contribution in [0, 0.1) is 0 Å². The molecule has 0 N–H and O–H groups in total. The zero-order chi connectivity index (χ0) is 9.26. The quantitative estimate of drug-likeness (QED) is 0.471. The number of anilines is 1. The average molecular weight is 237 g/mol. The maximum atomic E-state index is 6.06. The standard InChI is InChI=1S/C9H11ClN2S.Na/c10-8-7(13)3-4-11-9(8)12-5-1-2-6-12;/h3-4H,1-2,5-6H2,(H,11,13);/q;+1/p-1. The maximum absolute atomic E-state index is 6.06. The van der Waals surface area contributed by atoms with Crippen molar-refractivity contribution in [1.82, 2.24) is 4.98 Å². The van der Waals surface area contributed by atoms with Gasteiger partial charge in [0.1, 0.15) is 5.82 Å². The minimum absolute atomic E-state index is 0. The van der Waals surface area contributed by atoms with Gasteiger partial charge in [-0.15, -0.1) is 0 Å². The van der Waals surface area contributed by atoms with E-state index >= 15 is 0 Å². The van der Waals surface area contributed by atoms with Crippen molar-refractivity contribution in [3.63, 3.8) is 0 Å². The number of hydrogen-bond acceptors (Lipinski definition) is 3. The Morgan fingerprint density at radius 2 is 2.00 bits per heavy atom. The minimum atomic E-state index is 0. The van der Waals surface area contributed by atoms with Gasteiger partial charge in [-0.1, -0.05) is 17.7 Å². The number of nitrogens with zero attached hydrogens (tertiary/aromatic N) is 2. The fourth-order valence-corrected chi connectivity index (χ4v) is 1.95. The molecule has 14 heavy (non-hydrogen) atoms. The third-order valence-electron chi connectivity index (χ3n) is 2.24. The second-order valence-electron chi connectivity index (χ2n) is 3.14. The number of halogens is 1. The summed E-state index contributed by atoms with van der Waals surface area (Å²) in [5.74, 6) is 0.853. The summed E-state index contributed by atoms with van der Waals surface area (Å²) in [6.07, 6.45) is 4.17. The Hall–Kier alpha value is 0.460. The van der Waals surface area contributed by atoms with Gasteiger partial charge in [0.2, 0.25) is 0 Å². The van der Waals surface area contributed by atoms with Crippen LogP contribution in [0.1, 0.15) is 12.8 Å². The molecule has 1 aliphatic heterocycles. The van der Waals surface area contributed by atoms with E-state index in [0.717, 1.165) is 18.9 Å². The predicted octanol–water partition coefficient (Wildman–Crippen LogP) is -0.755. The SMILES string of the molecule is [Na+].[S-]c1ccnc(N2CCCC2)c1Cl. The summed E-state index contributed by atoms with van der Waals surface area (Å²) in [6, 6.07) is 1.76. The van der Waals surface area contributed by atoms with Gasteiger partial charge in [-0.2, -0.15) is 4.90 Å². The molecule has 5 heteroatoms. The molecule has 0 aliphatic carbocycles. The van der Waals surface area contributed by atoms with Crippen molar-refractivity contribution in [2.45, 2.75) is 17.7 Å². The van der Waals surface area contributed by atoms with Crippen molar-refractivity contribution in [3.8, 4) is 0 Å². The van der Waals surface area contributed by atoms with Crippen molar-refractivity contribution in [2.24, 2.45) is 0 Å². The first-order valence-electron chi connectivity index (χ1n) is 4.35. The molecule has 2 heterocycles. The molecule has 1 fully saturated rings. The fourth-order valence-electron chi connectivity index (χ4n) is 1.56. The molecule has 70 valence electrons. The van der Waals surface area contributed by atoms with E-state index in [9.17, 15) is 0 Å². The van der Waals surface area contributed by atoms with E-state index in [1.54, 1.807) is 12.3 Å². The summed E-state index contributed by atoms with van der Waals surface area (Å²) in [4.78, 5) is 7.13. The molecule has 1 aromatic rings. The summed E-state index contributed by atoms with van der Waals surface area (Å²) >= 11 is 11.1. The number of hydrogen-bond donors (Lipinski definition) is 0. The van der Waals surface area contributed by atoms with E-state index in [1.165, 1.54) is 12.8 Å². The first-order chi connectivity index (χ1) is 6.29. The van der Waals surface area contributed by atoms with E-state index in [2.05, 4.69) is 9.88 Å². The monoisotopic (exact) mass is 236 g/mol. The largest absolute Gasteiger partial charge is 1.00 e. The van der Waals surface area contributed by atoms with Crippen LogP contribution in [0.15, 0.2) is 17.2 Å². The van der Waals surface area contributed by atoms with Crippen LogP contribution < -0.4 is 34.5 Å². The summed E-state index contributed by atoms with van der Waals surface area (Å²) in [5, 5.41) is 0.624. The van der Waals surface area contributed by atoms with E-state index in [4.69, 9.17) is 24.2 Å². The molecule has 0 saturated carbocycles. The second-order valence-corrected chi connectivity index (χ2v) is 3.96. The smallest absolute Gasteiger partial charge is 0.778 e. The van der Waals surface area contributed by atoms with E-state index in [-0.39, 0.29) is 29.6 Å². The van der Waals surface area contributed by atoms with Crippen molar-refractivity contribution >= 4 is 30.0 Å². The first kappa shape index (κ1) is 12.5. The molecule has 0 aromatic carbocycles. The molecule has 2 nitrogen and oxygen atoms in total. The van der Waals surface area contributed by atoms with Gasteiger partial charge in [-0.3, -0.25) is 0 Å². The number of aromatic nitrogens is 1. The van der Waals surface area contributed by atoms with Gasteiger partial charge < -0.3 is 17.5 Å². The van der Waals surface area contributed by atoms with Gasteiger partial charge in [0.15, 0.2) is 0 Å². The Morgan fingerprint density at radius 3 is 2.64 bits per heavy atom. The zero-order valence-corrected chi connectivity index (χ0v) is 11.7. The molecule has 1 aromatic heterocycles. The van der Waals surface area contributed by atoms with Gasteiger partial charge in [-0.05, 0) is 12.8 Å². The van der Waals surface area contributed by atoms with Crippen LogP contribution in [0.4, 0.5) is 5.82 Å². The summed E-state index contributed by atoms with van der Waals surface area (Å²) in [6.45, 7) is 2.09. The third-order valence-corrected chi connectivity index (χ3v) is 3.07. The summed E-state index contributed by atoms with van der Waals surface area (Å²) in [7, 11) is 0. The molecule has 1 aliphatic rings. The second kappa shape index (κ2) is 5.52. The molecule has 0 unspecified atom stereocenters. The Bertz CT molecular complexity index is 316. The molecular formula is C9H10ClN2NaS. The topological polar surface area (TPSA) is 16.1 Å². The average Bonchev–Trinajstić information content (AvgIpc) is 2.62. The van der Waals surface area contributed by atoms with Gasteiger partial charge in [0.25, 0.3) is 0 Å². The molecule has 0 atom stereocenters. The maximum Gasteiger partial charge on any atom is 1.00 e.